The van der Waals surface area contributed by atoms with Gasteiger partial charge < -0.3 is 18.6 Å². The SMILES string of the molecule is c1ccc2c(B3Oc4cc5c(cc4O3)C3CCC5C3)c3ccccc3c(B3Oc4cc5c(cc4O3)C3CCC5C3)c2c1. The van der Waals surface area contributed by atoms with Gasteiger partial charge in [-0.15, -0.1) is 0 Å². The van der Waals surface area contributed by atoms with E-state index in [0.29, 0.717) is 23.7 Å². The van der Waals surface area contributed by atoms with Crippen molar-refractivity contribution in [2.24, 2.45) is 0 Å². The molecule has 11 rings (SSSR count). The topological polar surface area (TPSA) is 36.9 Å². The normalized spacial score (nSPS) is 25.2. The van der Waals surface area contributed by atoms with Crippen molar-refractivity contribution < 1.29 is 18.6 Å². The molecule has 4 nitrogen and oxygen atoms in total. The summed E-state index contributed by atoms with van der Waals surface area (Å²) in [5, 5.41) is 4.45. The Labute approximate surface area is 245 Å². The second-order valence-electron chi connectivity index (χ2n) is 13.3. The second kappa shape index (κ2) is 7.86. The standard InChI is InChI=1S/C36H28B2O4/c1-2-6-24-23(5-1)35(37-39-31-15-27-19-9-10-20(13-19)28(27)16-32(31)40-37)25-7-3-4-8-26(25)36(24)38-41-33-17-29-21-11-12-22(14-21)30(29)18-34(33)42-38/h1-8,15-22H,9-14H2. The molecule has 4 unspecified atom stereocenters. The summed E-state index contributed by atoms with van der Waals surface area (Å²) in [5.41, 5.74) is 8.05. The smallest absolute Gasteiger partial charge is 0.519 e. The summed E-state index contributed by atoms with van der Waals surface area (Å²) in [7, 11) is -1.02. The molecule has 6 heteroatoms. The van der Waals surface area contributed by atoms with E-state index in [1.165, 1.54) is 60.8 Å². The van der Waals surface area contributed by atoms with Gasteiger partial charge in [-0.05, 0) is 130 Å². The molecule has 2 fully saturated rings. The van der Waals surface area contributed by atoms with Crippen molar-refractivity contribution in [3.05, 3.63) is 95.1 Å². The fourth-order valence-corrected chi connectivity index (χ4v) is 9.51. The molecule has 6 aliphatic rings. The molecule has 0 N–H and O–H groups in total. The summed E-state index contributed by atoms with van der Waals surface area (Å²) in [4.78, 5) is 0. The van der Waals surface area contributed by atoms with Gasteiger partial charge in [0.25, 0.3) is 0 Å². The van der Waals surface area contributed by atoms with Gasteiger partial charge in [0.05, 0.1) is 0 Å². The largest absolute Gasteiger partial charge is 0.634 e. The Hall–Kier alpha value is -4.05. The van der Waals surface area contributed by atoms with Crippen LogP contribution in [0.2, 0.25) is 0 Å². The Morgan fingerprint density at radius 1 is 0.429 bits per heavy atom. The minimum absolute atomic E-state index is 0.509. The van der Waals surface area contributed by atoms with Gasteiger partial charge >= 0.3 is 14.2 Å². The molecule has 4 atom stereocenters. The first-order valence-corrected chi connectivity index (χ1v) is 15.7. The lowest BCUT2D eigenvalue weighted by Crippen LogP contribution is -2.45. The second-order valence-corrected chi connectivity index (χ2v) is 13.3. The van der Waals surface area contributed by atoms with Gasteiger partial charge in [0, 0.05) is 10.9 Å². The Balaban J connectivity index is 1.04. The summed E-state index contributed by atoms with van der Waals surface area (Å²) >= 11 is 0. The van der Waals surface area contributed by atoms with E-state index in [2.05, 4.69) is 72.8 Å². The van der Waals surface area contributed by atoms with Gasteiger partial charge in [-0.1, -0.05) is 48.5 Å². The lowest BCUT2D eigenvalue weighted by Gasteiger charge is -2.18. The highest BCUT2D eigenvalue weighted by Gasteiger charge is 2.45. The molecule has 2 heterocycles. The fraction of sp³-hybridized carbons (Fsp3) is 0.278. The summed E-state index contributed by atoms with van der Waals surface area (Å²) in [6, 6.07) is 26.2. The molecule has 0 amide bonds. The minimum Gasteiger partial charge on any atom is -0.519 e. The van der Waals surface area contributed by atoms with E-state index in [1.807, 2.05) is 0 Å². The third-order valence-corrected chi connectivity index (χ3v) is 11.3. The summed E-state index contributed by atoms with van der Waals surface area (Å²) in [6.45, 7) is 0. The van der Waals surface area contributed by atoms with Crippen molar-refractivity contribution in [3.8, 4) is 23.0 Å². The predicted octanol–water partition coefficient (Wildman–Crippen LogP) is 7.06. The highest BCUT2D eigenvalue weighted by atomic mass is 16.6. The van der Waals surface area contributed by atoms with Crippen LogP contribution in [0.4, 0.5) is 0 Å². The minimum atomic E-state index is -0.509. The molecule has 2 saturated carbocycles. The Morgan fingerprint density at radius 3 is 1.00 bits per heavy atom. The average molecular weight is 546 g/mol. The summed E-state index contributed by atoms with van der Waals surface area (Å²) in [6.07, 6.45) is 7.79. The molecule has 0 radical (unpaired) electrons. The zero-order valence-corrected chi connectivity index (χ0v) is 23.3. The third-order valence-electron chi connectivity index (χ3n) is 11.3. The van der Waals surface area contributed by atoms with Crippen LogP contribution in [0.1, 0.15) is 84.5 Å². The van der Waals surface area contributed by atoms with Gasteiger partial charge in [0.1, 0.15) is 23.0 Å². The zero-order valence-electron chi connectivity index (χ0n) is 23.3. The van der Waals surface area contributed by atoms with Gasteiger partial charge in [0.2, 0.25) is 0 Å². The lowest BCUT2D eigenvalue weighted by molar-refractivity contribution is 0.518. The first-order valence-electron chi connectivity index (χ1n) is 15.7. The average Bonchev–Trinajstić information content (AvgIpc) is 3.86. The number of hydrogen-bond donors (Lipinski definition) is 0. The number of hydrogen-bond acceptors (Lipinski definition) is 4. The van der Waals surface area contributed by atoms with Gasteiger partial charge in [-0.25, -0.2) is 0 Å². The quantitative estimate of drug-likeness (QED) is 0.176. The highest BCUT2D eigenvalue weighted by molar-refractivity contribution is 6.75. The van der Waals surface area contributed by atoms with Crippen molar-refractivity contribution in [2.45, 2.75) is 62.2 Å². The Kier molecular flexibility index (Phi) is 4.22. The third kappa shape index (κ3) is 2.86. The predicted molar refractivity (Wildman–Crippen MR) is 166 cm³/mol. The Bertz CT molecular complexity index is 1740. The molecule has 42 heavy (non-hydrogen) atoms. The zero-order chi connectivity index (χ0) is 27.1. The van der Waals surface area contributed by atoms with E-state index in [-0.39, 0.29) is 0 Å². The molecular weight excluding hydrogens is 518 g/mol. The first kappa shape index (κ1) is 22.5. The lowest BCUT2D eigenvalue weighted by atomic mass is 9.66. The van der Waals surface area contributed by atoms with Crippen LogP contribution in [-0.2, 0) is 0 Å². The van der Waals surface area contributed by atoms with Gasteiger partial charge in [-0.2, -0.15) is 0 Å². The molecule has 2 aliphatic heterocycles. The molecule has 0 aromatic heterocycles. The van der Waals surface area contributed by atoms with E-state index in [4.69, 9.17) is 18.6 Å². The van der Waals surface area contributed by atoms with Crippen LogP contribution >= 0.6 is 0 Å². The molecular formula is C36H28B2O4. The van der Waals surface area contributed by atoms with E-state index < -0.39 is 14.2 Å². The Morgan fingerprint density at radius 2 is 0.714 bits per heavy atom. The van der Waals surface area contributed by atoms with Crippen LogP contribution in [0.15, 0.2) is 72.8 Å². The molecule has 0 saturated heterocycles. The maximum absolute atomic E-state index is 6.64. The maximum Gasteiger partial charge on any atom is 0.634 e. The summed E-state index contributed by atoms with van der Waals surface area (Å²) < 4.78 is 26.6. The van der Waals surface area contributed by atoms with E-state index >= 15 is 0 Å². The van der Waals surface area contributed by atoms with E-state index in [1.54, 1.807) is 0 Å². The molecule has 0 spiro atoms. The van der Waals surface area contributed by atoms with Crippen molar-refractivity contribution >= 4 is 46.7 Å². The highest BCUT2D eigenvalue weighted by Crippen LogP contribution is 2.57. The molecule has 5 aromatic carbocycles. The van der Waals surface area contributed by atoms with Gasteiger partial charge in [-0.3, -0.25) is 0 Å². The van der Waals surface area contributed by atoms with Crippen molar-refractivity contribution in [2.75, 3.05) is 0 Å². The van der Waals surface area contributed by atoms with Crippen LogP contribution in [0.25, 0.3) is 21.5 Å². The van der Waals surface area contributed by atoms with Gasteiger partial charge in [0.15, 0.2) is 0 Å². The van der Waals surface area contributed by atoms with E-state index in [0.717, 1.165) is 55.5 Å². The van der Waals surface area contributed by atoms with Crippen molar-refractivity contribution in [1.82, 2.24) is 0 Å². The molecule has 4 aliphatic carbocycles. The van der Waals surface area contributed by atoms with E-state index in [9.17, 15) is 0 Å². The maximum atomic E-state index is 6.64. The van der Waals surface area contributed by atoms with Crippen LogP contribution in [0, 0.1) is 0 Å². The molecule has 5 aromatic rings. The number of benzene rings is 5. The van der Waals surface area contributed by atoms with Crippen LogP contribution in [0.5, 0.6) is 23.0 Å². The number of rotatable bonds is 2. The van der Waals surface area contributed by atoms with Crippen LogP contribution in [0.3, 0.4) is 0 Å². The van der Waals surface area contributed by atoms with Crippen LogP contribution in [-0.4, -0.2) is 14.2 Å². The molecule has 202 valence electrons. The number of fused-ring (bicyclic) bond motifs is 14. The van der Waals surface area contributed by atoms with Crippen LogP contribution < -0.4 is 29.5 Å². The first-order chi connectivity index (χ1) is 20.8. The van der Waals surface area contributed by atoms with Crippen molar-refractivity contribution in [3.63, 3.8) is 0 Å². The fourth-order valence-electron chi connectivity index (χ4n) is 9.51. The monoisotopic (exact) mass is 546 g/mol. The van der Waals surface area contributed by atoms with Crippen molar-refractivity contribution in [1.29, 1.82) is 0 Å². The summed E-state index contributed by atoms with van der Waals surface area (Å²) in [5.74, 6) is 6.26. The molecule has 4 bridgehead atoms.